The molecule has 136 valence electrons. The maximum Gasteiger partial charge on any atom is 0.340 e. The van der Waals surface area contributed by atoms with Crippen LogP contribution in [0.15, 0.2) is 54.6 Å². The van der Waals surface area contributed by atoms with E-state index in [1.807, 2.05) is 36.4 Å². The Hall–Kier alpha value is -2.86. The zero-order chi connectivity index (χ0) is 18.2. The van der Waals surface area contributed by atoms with Crippen molar-refractivity contribution in [3.8, 4) is 0 Å². The van der Waals surface area contributed by atoms with E-state index < -0.39 is 5.97 Å². The van der Waals surface area contributed by atoms with E-state index in [0.717, 1.165) is 25.1 Å². The van der Waals surface area contributed by atoms with E-state index in [1.165, 1.54) is 0 Å². The number of hydrogen-bond acceptors (Lipinski definition) is 5. The Morgan fingerprint density at radius 3 is 2.62 bits per heavy atom. The first-order chi connectivity index (χ1) is 12.7. The normalized spacial score (nSPS) is 16.1. The van der Waals surface area contributed by atoms with Crippen molar-refractivity contribution in [2.24, 2.45) is 0 Å². The van der Waals surface area contributed by atoms with Crippen LogP contribution in [0.4, 0.5) is 11.4 Å². The highest BCUT2D eigenvalue weighted by Crippen LogP contribution is 2.21. The third-order valence-electron chi connectivity index (χ3n) is 4.09. The quantitative estimate of drug-likeness (QED) is 0.748. The van der Waals surface area contributed by atoms with Gasteiger partial charge in [-0.15, -0.1) is 0 Å². The SMILES string of the molecule is O=C(COC(=O)c1ccccc1Nc1ccccc1)NC[C@@H]1CCCO1. The molecule has 0 aliphatic carbocycles. The third-order valence-corrected chi connectivity index (χ3v) is 4.09. The minimum atomic E-state index is -0.545. The molecule has 0 saturated carbocycles. The summed E-state index contributed by atoms with van der Waals surface area (Å²) in [6.07, 6.45) is 2.02. The molecule has 2 aromatic rings. The van der Waals surface area contributed by atoms with Gasteiger partial charge in [0.05, 0.1) is 17.4 Å². The molecule has 1 amide bonds. The van der Waals surface area contributed by atoms with Crippen LogP contribution < -0.4 is 10.6 Å². The molecule has 26 heavy (non-hydrogen) atoms. The summed E-state index contributed by atoms with van der Waals surface area (Å²) in [4.78, 5) is 24.2. The Bertz CT molecular complexity index is 742. The predicted octanol–water partition coefficient (Wildman–Crippen LogP) is 2.88. The van der Waals surface area contributed by atoms with Crippen LogP contribution in [0.3, 0.4) is 0 Å². The van der Waals surface area contributed by atoms with Gasteiger partial charge in [-0.2, -0.15) is 0 Å². The summed E-state index contributed by atoms with van der Waals surface area (Å²) in [7, 11) is 0. The van der Waals surface area contributed by atoms with Crippen LogP contribution >= 0.6 is 0 Å². The van der Waals surface area contributed by atoms with Crippen molar-refractivity contribution in [2.45, 2.75) is 18.9 Å². The van der Waals surface area contributed by atoms with Gasteiger partial charge in [0.1, 0.15) is 0 Å². The number of para-hydroxylation sites is 2. The van der Waals surface area contributed by atoms with Gasteiger partial charge in [-0.25, -0.2) is 4.79 Å². The highest BCUT2D eigenvalue weighted by molar-refractivity contribution is 5.97. The monoisotopic (exact) mass is 354 g/mol. The smallest absolute Gasteiger partial charge is 0.340 e. The number of nitrogens with one attached hydrogen (secondary N) is 2. The van der Waals surface area contributed by atoms with Gasteiger partial charge in [-0.05, 0) is 37.1 Å². The van der Waals surface area contributed by atoms with Crippen LogP contribution in [-0.4, -0.2) is 37.7 Å². The average molecular weight is 354 g/mol. The van der Waals surface area contributed by atoms with Gasteiger partial charge in [0.15, 0.2) is 6.61 Å². The van der Waals surface area contributed by atoms with Gasteiger partial charge in [-0.3, -0.25) is 4.79 Å². The van der Waals surface area contributed by atoms with Crippen molar-refractivity contribution in [1.29, 1.82) is 0 Å². The molecule has 3 rings (SSSR count). The molecular formula is C20H22N2O4. The highest BCUT2D eigenvalue weighted by atomic mass is 16.5. The minimum Gasteiger partial charge on any atom is -0.452 e. The fourth-order valence-corrected chi connectivity index (χ4v) is 2.74. The van der Waals surface area contributed by atoms with Crippen molar-refractivity contribution >= 4 is 23.3 Å². The highest BCUT2D eigenvalue weighted by Gasteiger charge is 2.18. The second-order valence-corrected chi connectivity index (χ2v) is 6.05. The maximum atomic E-state index is 12.4. The van der Waals surface area contributed by atoms with Gasteiger partial charge in [0.2, 0.25) is 0 Å². The van der Waals surface area contributed by atoms with E-state index in [2.05, 4.69) is 10.6 Å². The van der Waals surface area contributed by atoms with E-state index >= 15 is 0 Å². The molecular weight excluding hydrogens is 332 g/mol. The lowest BCUT2D eigenvalue weighted by Crippen LogP contribution is -2.34. The first-order valence-electron chi connectivity index (χ1n) is 8.69. The Balaban J connectivity index is 1.53. The predicted molar refractivity (Wildman–Crippen MR) is 98.4 cm³/mol. The Kier molecular flexibility index (Phi) is 6.22. The molecule has 6 nitrogen and oxygen atoms in total. The summed E-state index contributed by atoms with van der Waals surface area (Å²) in [5.74, 6) is -0.876. The summed E-state index contributed by atoms with van der Waals surface area (Å²) in [6, 6.07) is 16.6. The number of benzene rings is 2. The first-order valence-corrected chi connectivity index (χ1v) is 8.69. The number of ether oxygens (including phenoxy) is 2. The van der Waals surface area contributed by atoms with Gasteiger partial charge in [0.25, 0.3) is 5.91 Å². The molecule has 0 spiro atoms. The lowest BCUT2D eigenvalue weighted by atomic mass is 10.1. The summed E-state index contributed by atoms with van der Waals surface area (Å²) in [6.45, 7) is 0.870. The van der Waals surface area contributed by atoms with Crippen molar-refractivity contribution < 1.29 is 19.1 Å². The molecule has 0 unspecified atom stereocenters. The van der Waals surface area contributed by atoms with Crippen molar-refractivity contribution in [1.82, 2.24) is 5.32 Å². The lowest BCUT2D eigenvalue weighted by molar-refractivity contribution is -0.124. The number of carbonyl (C=O) groups is 2. The van der Waals surface area contributed by atoms with Crippen molar-refractivity contribution in [3.05, 3.63) is 60.2 Å². The zero-order valence-corrected chi connectivity index (χ0v) is 14.4. The molecule has 2 N–H and O–H groups in total. The minimum absolute atomic E-state index is 0.0606. The maximum absolute atomic E-state index is 12.4. The number of carbonyl (C=O) groups excluding carboxylic acids is 2. The Labute approximate surface area is 152 Å². The Morgan fingerprint density at radius 1 is 1.08 bits per heavy atom. The van der Waals surface area contributed by atoms with E-state index in [9.17, 15) is 9.59 Å². The fraction of sp³-hybridized carbons (Fsp3) is 0.300. The topological polar surface area (TPSA) is 76.7 Å². The van der Waals surface area contributed by atoms with E-state index in [-0.39, 0.29) is 18.6 Å². The Morgan fingerprint density at radius 2 is 1.85 bits per heavy atom. The van der Waals surface area contributed by atoms with Crippen LogP contribution in [0.2, 0.25) is 0 Å². The summed E-state index contributed by atoms with van der Waals surface area (Å²) < 4.78 is 10.6. The summed E-state index contributed by atoms with van der Waals surface area (Å²) >= 11 is 0. The molecule has 0 radical (unpaired) electrons. The molecule has 0 bridgehead atoms. The third kappa shape index (κ3) is 5.07. The fourth-order valence-electron chi connectivity index (χ4n) is 2.74. The van der Waals surface area contributed by atoms with Crippen LogP contribution in [0.5, 0.6) is 0 Å². The molecule has 1 saturated heterocycles. The van der Waals surface area contributed by atoms with E-state index in [4.69, 9.17) is 9.47 Å². The van der Waals surface area contributed by atoms with Crippen molar-refractivity contribution in [2.75, 3.05) is 25.1 Å². The number of amides is 1. The summed E-state index contributed by atoms with van der Waals surface area (Å²) in [5.41, 5.74) is 1.87. The lowest BCUT2D eigenvalue weighted by Gasteiger charge is -2.13. The molecule has 1 aliphatic rings. The van der Waals surface area contributed by atoms with Crippen LogP contribution in [0, 0.1) is 0 Å². The van der Waals surface area contributed by atoms with Crippen molar-refractivity contribution in [3.63, 3.8) is 0 Å². The van der Waals surface area contributed by atoms with Gasteiger partial charge < -0.3 is 20.1 Å². The number of esters is 1. The molecule has 2 aromatic carbocycles. The number of rotatable bonds is 7. The van der Waals surface area contributed by atoms with Gasteiger partial charge in [0, 0.05) is 18.8 Å². The second kappa shape index (κ2) is 9.01. The molecule has 1 heterocycles. The average Bonchev–Trinajstić information content (AvgIpc) is 3.19. The molecule has 1 aliphatic heterocycles. The molecule has 0 aromatic heterocycles. The van der Waals surface area contributed by atoms with Crippen LogP contribution in [0.1, 0.15) is 23.2 Å². The largest absolute Gasteiger partial charge is 0.452 e. The number of hydrogen-bond donors (Lipinski definition) is 2. The first kappa shape index (κ1) is 17.9. The van der Waals surface area contributed by atoms with Gasteiger partial charge >= 0.3 is 5.97 Å². The van der Waals surface area contributed by atoms with Crippen LogP contribution in [0.25, 0.3) is 0 Å². The number of anilines is 2. The second-order valence-electron chi connectivity index (χ2n) is 6.05. The molecule has 1 fully saturated rings. The molecule has 1 atom stereocenters. The van der Waals surface area contributed by atoms with Crippen LogP contribution in [-0.2, 0) is 14.3 Å². The van der Waals surface area contributed by atoms with E-state index in [0.29, 0.717) is 17.8 Å². The summed E-state index contributed by atoms with van der Waals surface area (Å²) in [5, 5.41) is 5.91. The zero-order valence-electron chi connectivity index (χ0n) is 14.4. The van der Waals surface area contributed by atoms with E-state index in [1.54, 1.807) is 18.2 Å². The standard InChI is InChI=1S/C20H22N2O4/c23-19(21-13-16-9-6-12-25-16)14-26-20(24)17-10-4-5-11-18(17)22-15-7-2-1-3-8-15/h1-5,7-8,10-11,16,22H,6,9,12-14H2,(H,21,23)/t16-/m0/s1. The van der Waals surface area contributed by atoms with Gasteiger partial charge in [-0.1, -0.05) is 30.3 Å². The molecule has 6 heteroatoms.